The van der Waals surface area contributed by atoms with Crippen molar-refractivity contribution in [2.24, 2.45) is 4.99 Å². The van der Waals surface area contributed by atoms with Gasteiger partial charge in [0.25, 0.3) is 0 Å². The van der Waals surface area contributed by atoms with Crippen LogP contribution in [0.4, 0.5) is 0 Å². The summed E-state index contributed by atoms with van der Waals surface area (Å²) in [4.78, 5) is 24.0. The molecule has 1 aromatic carbocycles. The third-order valence-corrected chi connectivity index (χ3v) is 1.47. The molecule has 0 fully saturated rings. The van der Waals surface area contributed by atoms with Crippen molar-refractivity contribution >= 4 is 12.0 Å². The van der Waals surface area contributed by atoms with Crippen LogP contribution in [-0.4, -0.2) is 18.6 Å². The highest BCUT2D eigenvalue weighted by molar-refractivity contribution is 5.72. The summed E-state index contributed by atoms with van der Waals surface area (Å²) in [7, 11) is 0. The molecule has 0 bridgehead atoms. The van der Waals surface area contributed by atoms with Crippen molar-refractivity contribution in [2.75, 3.05) is 6.54 Å². The third kappa shape index (κ3) is 3.65. The van der Waals surface area contributed by atoms with Crippen LogP contribution in [0.2, 0.25) is 0 Å². The smallest absolute Gasteiger partial charge is 0.313 e. The summed E-state index contributed by atoms with van der Waals surface area (Å²) in [5, 5.41) is 0. The first-order valence-electron chi connectivity index (χ1n) is 4.12. The normalized spacial score (nSPS) is 8.86. The van der Waals surface area contributed by atoms with E-state index in [-0.39, 0.29) is 13.0 Å². The highest BCUT2D eigenvalue weighted by Gasteiger charge is 2.02. The van der Waals surface area contributed by atoms with Gasteiger partial charge in [0, 0.05) is 0 Å². The van der Waals surface area contributed by atoms with Crippen LogP contribution in [0.1, 0.15) is 6.42 Å². The van der Waals surface area contributed by atoms with Crippen LogP contribution in [0.5, 0.6) is 5.75 Å². The lowest BCUT2D eigenvalue weighted by Crippen LogP contribution is -2.08. The maximum atomic E-state index is 11.1. The SMILES string of the molecule is O=C=NCCC(=O)Oc1ccccc1. The fraction of sp³-hybridized carbons (Fsp3) is 0.200. The van der Waals surface area contributed by atoms with E-state index >= 15 is 0 Å². The van der Waals surface area contributed by atoms with Crippen LogP contribution in [-0.2, 0) is 9.59 Å². The molecule has 0 heterocycles. The van der Waals surface area contributed by atoms with Crippen LogP contribution in [0.25, 0.3) is 0 Å². The summed E-state index contributed by atoms with van der Waals surface area (Å²) >= 11 is 0. The molecular weight excluding hydrogens is 182 g/mol. The van der Waals surface area contributed by atoms with Crippen molar-refractivity contribution in [3.63, 3.8) is 0 Å². The molecule has 0 aliphatic heterocycles. The molecule has 0 spiro atoms. The van der Waals surface area contributed by atoms with Gasteiger partial charge in [-0.1, -0.05) is 18.2 Å². The zero-order valence-electron chi connectivity index (χ0n) is 7.47. The number of isocyanates is 1. The molecule has 0 aromatic heterocycles. The average Bonchev–Trinajstić information content (AvgIpc) is 2.20. The van der Waals surface area contributed by atoms with Gasteiger partial charge >= 0.3 is 5.97 Å². The van der Waals surface area contributed by atoms with Crippen LogP contribution in [0.15, 0.2) is 35.3 Å². The molecule has 72 valence electrons. The number of hydrogen-bond acceptors (Lipinski definition) is 4. The molecule has 0 atom stereocenters. The van der Waals surface area contributed by atoms with Gasteiger partial charge in [0.1, 0.15) is 5.75 Å². The number of rotatable bonds is 4. The first-order chi connectivity index (χ1) is 6.83. The van der Waals surface area contributed by atoms with E-state index in [1.54, 1.807) is 24.3 Å². The van der Waals surface area contributed by atoms with E-state index < -0.39 is 5.97 Å². The zero-order valence-corrected chi connectivity index (χ0v) is 7.47. The van der Waals surface area contributed by atoms with E-state index in [9.17, 15) is 9.59 Å². The van der Waals surface area contributed by atoms with Crippen molar-refractivity contribution in [2.45, 2.75) is 6.42 Å². The summed E-state index contributed by atoms with van der Waals surface area (Å²) in [6.07, 6.45) is 1.44. The van der Waals surface area contributed by atoms with Gasteiger partial charge in [-0.15, -0.1) is 0 Å². The number of aliphatic imine (C=N–C) groups is 1. The lowest BCUT2D eigenvalue weighted by Gasteiger charge is -2.01. The minimum absolute atomic E-state index is 0.0874. The van der Waals surface area contributed by atoms with Crippen molar-refractivity contribution < 1.29 is 14.3 Å². The summed E-state index contributed by atoms with van der Waals surface area (Å²) in [5.41, 5.74) is 0. The number of ether oxygens (including phenoxy) is 1. The van der Waals surface area contributed by atoms with Crippen molar-refractivity contribution in [1.29, 1.82) is 0 Å². The number of hydrogen-bond donors (Lipinski definition) is 0. The fourth-order valence-electron chi connectivity index (χ4n) is 0.864. The third-order valence-electron chi connectivity index (χ3n) is 1.47. The van der Waals surface area contributed by atoms with Crippen LogP contribution in [0, 0.1) is 0 Å². The largest absolute Gasteiger partial charge is 0.426 e. The number of carbonyl (C=O) groups is 1. The Morgan fingerprint density at radius 2 is 2.07 bits per heavy atom. The molecule has 1 aromatic rings. The average molecular weight is 191 g/mol. The number of para-hydroxylation sites is 1. The van der Waals surface area contributed by atoms with E-state index in [0.29, 0.717) is 5.75 Å². The Hall–Kier alpha value is -1.93. The summed E-state index contributed by atoms with van der Waals surface area (Å²) < 4.78 is 4.93. The molecule has 0 saturated heterocycles. The first kappa shape index (κ1) is 10.2. The van der Waals surface area contributed by atoms with Crippen molar-refractivity contribution in [3.05, 3.63) is 30.3 Å². The van der Waals surface area contributed by atoms with Gasteiger partial charge < -0.3 is 4.74 Å². The van der Waals surface area contributed by atoms with E-state index in [1.807, 2.05) is 6.07 Å². The molecule has 0 saturated carbocycles. The molecular formula is C10H9NO3. The highest BCUT2D eigenvalue weighted by Crippen LogP contribution is 2.08. The Morgan fingerprint density at radius 1 is 1.36 bits per heavy atom. The minimum Gasteiger partial charge on any atom is -0.426 e. The zero-order chi connectivity index (χ0) is 10.2. The molecule has 0 aliphatic rings. The van der Waals surface area contributed by atoms with E-state index in [2.05, 4.69) is 4.99 Å². The van der Waals surface area contributed by atoms with Crippen LogP contribution >= 0.6 is 0 Å². The maximum Gasteiger partial charge on any atom is 0.313 e. The predicted octanol–water partition coefficient (Wildman–Crippen LogP) is 1.32. The molecule has 4 heteroatoms. The van der Waals surface area contributed by atoms with Gasteiger partial charge in [0.15, 0.2) is 0 Å². The summed E-state index contributed by atoms with van der Waals surface area (Å²) in [5.74, 6) is 0.0859. The van der Waals surface area contributed by atoms with Gasteiger partial charge in [-0.25, -0.2) is 9.79 Å². The van der Waals surface area contributed by atoms with Gasteiger partial charge in [-0.05, 0) is 12.1 Å². The van der Waals surface area contributed by atoms with E-state index in [0.717, 1.165) is 0 Å². The van der Waals surface area contributed by atoms with Crippen LogP contribution in [0.3, 0.4) is 0 Å². The Bertz CT molecular complexity index is 342. The van der Waals surface area contributed by atoms with Crippen LogP contribution < -0.4 is 4.74 Å². The Morgan fingerprint density at radius 3 is 2.71 bits per heavy atom. The second kappa shape index (κ2) is 5.67. The number of nitrogens with zero attached hydrogens (tertiary/aromatic N) is 1. The van der Waals surface area contributed by atoms with Gasteiger partial charge in [-0.2, -0.15) is 0 Å². The topological polar surface area (TPSA) is 55.7 Å². The second-order valence-electron chi connectivity index (χ2n) is 2.51. The first-order valence-corrected chi connectivity index (χ1v) is 4.12. The maximum absolute atomic E-state index is 11.1. The molecule has 0 amide bonds. The molecule has 0 unspecified atom stereocenters. The monoisotopic (exact) mass is 191 g/mol. The molecule has 4 nitrogen and oxygen atoms in total. The predicted molar refractivity (Wildman–Crippen MR) is 49.7 cm³/mol. The van der Waals surface area contributed by atoms with E-state index in [1.165, 1.54) is 6.08 Å². The van der Waals surface area contributed by atoms with Gasteiger partial charge in [0.05, 0.1) is 13.0 Å². The van der Waals surface area contributed by atoms with Gasteiger partial charge in [0.2, 0.25) is 6.08 Å². The number of esters is 1. The Balaban J connectivity index is 2.38. The van der Waals surface area contributed by atoms with Crippen molar-refractivity contribution in [1.82, 2.24) is 0 Å². The Labute approximate surface area is 81.2 Å². The standard InChI is InChI=1S/C10H9NO3/c12-8-11-7-6-10(13)14-9-4-2-1-3-5-9/h1-5H,6-7H2. The lowest BCUT2D eigenvalue weighted by molar-refractivity contribution is -0.134. The lowest BCUT2D eigenvalue weighted by atomic mass is 10.3. The highest BCUT2D eigenvalue weighted by atomic mass is 16.5. The minimum atomic E-state index is -0.407. The molecule has 1 rings (SSSR count). The second-order valence-corrected chi connectivity index (χ2v) is 2.51. The number of benzene rings is 1. The Kier molecular flexibility index (Phi) is 4.11. The number of carbonyl (C=O) groups excluding carboxylic acids is 2. The molecule has 0 aliphatic carbocycles. The summed E-state index contributed by atoms with van der Waals surface area (Å²) in [6.45, 7) is 0.120. The summed E-state index contributed by atoms with van der Waals surface area (Å²) in [6, 6.07) is 8.73. The molecule has 0 radical (unpaired) electrons. The van der Waals surface area contributed by atoms with Gasteiger partial charge in [-0.3, -0.25) is 4.79 Å². The van der Waals surface area contributed by atoms with Crippen molar-refractivity contribution in [3.8, 4) is 5.75 Å². The van der Waals surface area contributed by atoms with E-state index in [4.69, 9.17) is 4.74 Å². The quantitative estimate of drug-likeness (QED) is 0.312. The molecule has 14 heavy (non-hydrogen) atoms. The molecule has 0 N–H and O–H groups in total. The fourth-order valence-corrected chi connectivity index (χ4v) is 0.864.